The zero-order chi connectivity index (χ0) is 12.4. The van der Waals surface area contributed by atoms with Gasteiger partial charge in [-0.15, -0.1) is 11.3 Å². The predicted molar refractivity (Wildman–Crippen MR) is 66.4 cm³/mol. The Morgan fingerprint density at radius 1 is 1.41 bits per heavy atom. The Morgan fingerprint density at radius 2 is 2.06 bits per heavy atom. The third kappa shape index (κ3) is 2.34. The highest BCUT2D eigenvalue weighted by Crippen LogP contribution is 2.33. The van der Waals surface area contributed by atoms with E-state index in [4.69, 9.17) is 5.73 Å². The highest BCUT2D eigenvalue weighted by Gasteiger charge is 2.27. The molecule has 1 heterocycles. The molecule has 0 atom stereocenters. The average molecular weight is 253 g/mol. The number of hydrogen-bond donors (Lipinski definition) is 1. The summed E-state index contributed by atoms with van der Waals surface area (Å²) in [5.41, 5.74) is 6.05. The molecule has 0 radical (unpaired) electrons. The van der Waals surface area contributed by atoms with E-state index in [0.717, 1.165) is 37.0 Å². The summed E-state index contributed by atoms with van der Waals surface area (Å²) in [4.78, 5) is 24.4. The number of ether oxygens (including phenoxy) is 1. The maximum absolute atomic E-state index is 12.1. The molecule has 0 aliphatic heterocycles. The van der Waals surface area contributed by atoms with Gasteiger partial charge in [0.1, 0.15) is 4.88 Å². The molecule has 1 saturated carbocycles. The van der Waals surface area contributed by atoms with Gasteiger partial charge in [-0.25, -0.2) is 4.79 Å². The number of carbonyl (C=O) groups is 2. The van der Waals surface area contributed by atoms with Crippen LogP contribution in [0.4, 0.5) is 5.69 Å². The normalized spacial score (nSPS) is 16.1. The van der Waals surface area contributed by atoms with Crippen LogP contribution >= 0.6 is 11.3 Å². The van der Waals surface area contributed by atoms with Gasteiger partial charge in [0.25, 0.3) is 0 Å². The van der Waals surface area contributed by atoms with Gasteiger partial charge in [-0.05, 0) is 18.9 Å². The molecule has 0 spiro atoms. The largest absolute Gasteiger partial charge is 0.465 e. The number of nitrogen functional groups attached to an aromatic ring is 1. The minimum absolute atomic E-state index is 0.110. The lowest BCUT2D eigenvalue weighted by Gasteiger charge is -2.04. The van der Waals surface area contributed by atoms with Gasteiger partial charge in [-0.1, -0.05) is 12.8 Å². The summed E-state index contributed by atoms with van der Waals surface area (Å²) in [5.74, 6) is -0.245. The highest BCUT2D eigenvalue weighted by molar-refractivity contribution is 7.16. The molecule has 1 aliphatic rings. The van der Waals surface area contributed by atoms with Crippen LogP contribution in [-0.2, 0) is 4.74 Å². The summed E-state index contributed by atoms with van der Waals surface area (Å²) < 4.78 is 4.62. The smallest absolute Gasteiger partial charge is 0.350 e. The number of thiophene rings is 1. The second-order valence-electron chi connectivity index (χ2n) is 4.23. The average Bonchev–Trinajstić information content (AvgIpc) is 2.96. The first-order chi connectivity index (χ1) is 8.13. The van der Waals surface area contributed by atoms with Crippen LogP contribution in [-0.4, -0.2) is 18.9 Å². The first-order valence-electron chi connectivity index (χ1n) is 5.65. The maximum atomic E-state index is 12.1. The minimum atomic E-state index is -0.474. The van der Waals surface area contributed by atoms with Crippen molar-refractivity contribution in [3.05, 3.63) is 15.8 Å². The van der Waals surface area contributed by atoms with Crippen LogP contribution in [0.15, 0.2) is 6.07 Å². The zero-order valence-electron chi connectivity index (χ0n) is 9.69. The van der Waals surface area contributed by atoms with Crippen LogP contribution in [0.2, 0.25) is 0 Å². The Balaban J connectivity index is 2.21. The van der Waals surface area contributed by atoms with Gasteiger partial charge < -0.3 is 10.5 Å². The third-order valence-corrected chi connectivity index (χ3v) is 4.25. The van der Waals surface area contributed by atoms with E-state index in [1.165, 1.54) is 7.11 Å². The summed E-state index contributed by atoms with van der Waals surface area (Å²) in [6.07, 6.45) is 4.12. The molecule has 1 aromatic rings. The second-order valence-corrected chi connectivity index (χ2v) is 5.28. The molecule has 0 unspecified atom stereocenters. The summed E-state index contributed by atoms with van der Waals surface area (Å²) >= 11 is 1.14. The molecule has 1 fully saturated rings. The number of carbonyl (C=O) groups excluding carboxylic acids is 2. The minimum Gasteiger partial charge on any atom is -0.465 e. The van der Waals surface area contributed by atoms with Gasteiger partial charge in [0.05, 0.1) is 17.7 Å². The van der Waals surface area contributed by atoms with Crippen LogP contribution in [0.5, 0.6) is 0 Å². The molecule has 0 bridgehead atoms. The quantitative estimate of drug-likeness (QED) is 0.663. The number of esters is 1. The topological polar surface area (TPSA) is 69.4 Å². The van der Waals surface area contributed by atoms with Crippen molar-refractivity contribution in [1.82, 2.24) is 0 Å². The van der Waals surface area contributed by atoms with E-state index >= 15 is 0 Å². The Morgan fingerprint density at radius 3 is 2.65 bits per heavy atom. The predicted octanol–water partition coefficient (Wildman–Crippen LogP) is 2.49. The number of hydrogen-bond acceptors (Lipinski definition) is 5. The van der Waals surface area contributed by atoms with Gasteiger partial charge in [-0.2, -0.15) is 0 Å². The molecule has 2 N–H and O–H groups in total. The number of ketones is 1. The van der Waals surface area contributed by atoms with E-state index in [-0.39, 0.29) is 11.7 Å². The number of methoxy groups -OCH3 is 1. The van der Waals surface area contributed by atoms with Crippen LogP contribution < -0.4 is 5.73 Å². The van der Waals surface area contributed by atoms with Crippen molar-refractivity contribution < 1.29 is 14.3 Å². The number of rotatable bonds is 3. The van der Waals surface area contributed by atoms with E-state index in [2.05, 4.69) is 4.74 Å². The monoisotopic (exact) mass is 253 g/mol. The SMILES string of the molecule is COC(=O)c1sc(C(=O)C2CCCC2)cc1N. The Kier molecular flexibility index (Phi) is 3.47. The van der Waals surface area contributed by atoms with Gasteiger partial charge >= 0.3 is 5.97 Å². The van der Waals surface area contributed by atoms with Gasteiger partial charge in [0, 0.05) is 5.92 Å². The van der Waals surface area contributed by atoms with Crippen molar-refractivity contribution in [1.29, 1.82) is 0 Å². The van der Waals surface area contributed by atoms with Crippen LogP contribution in [0.1, 0.15) is 45.0 Å². The first kappa shape index (κ1) is 12.1. The Hall–Kier alpha value is -1.36. The molecule has 4 nitrogen and oxygen atoms in total. The molecule has 1 aliphatic carbocycles. The van der Waals surface area contributed by atoms with E-state index in [0.29, 0.717) is 15.4 Å². The third-order valence-electron chi connectivity index (χ3n) is 3.10. The zero-order valence-corrected chi connectivity index (χ0v) is 10.5. The summed E-state index contributed by atoms with van der Waals surface area (Å²) in [6.45, 7) is 0. The van der Waals surface area contributed by atoms with Crippen molar-refractivity contribution in [3.8, 4) is 0 Å². The van der Waals surface area contributed by atoms with Crippen molar-refractivity contribution in [2.45, 2.75) is 25.7 Å². The van der Waals surface area contributed by atoms with Gasteiger partial charge in [0.15, 0.2) is 5.78 Å². The van der Waals surface area contributed by atoms with Crippen LogP contribution in [0.25, 0.3) is 0 Å². The van der Waals surface area contributed by atoms with Gasteiger partial charge in [0.2, 0.25) is 0 Å². The summed E-state index contributed by atoms with van der Waals surface area (Å²) in [6, 6.07) is 1.59. The number of Topliss-reactive ketones (excluding diaryl/α,β-unsaturated/α-hetero) is 1. The Labute approximate surface area is 104 Å². The van der Waals surface area contributed by atoms with Crippen molar-refractivity contribution in [2.75, 3.05) is 12.8 Å². The van der Waals surface area contributed by atoms with E-state index in [1.54, 1.807) is 6.07 Å². The second kappa shape index (κ2) is 4.87. The lowest BCUT2D eigenvalue weighted by molar-refractivity contribution is 0.0607. The fourth-order valence-electron chi connectivity index (χ4n) is 2.17. The van der Waals surface area contributed by atoms with Crippen LogP contribution in [0.3, 0.4) is 0 Å². The molecule has 2 rings (SSSR count). The lowest BCUT2D eigenvalue weighted by Crippen LogP contribution is -2.09. The van der Waals surface area contributed by atoms with Crippen LogP contribution in [0, 0.1) is 5.92 Å². The Bertz CT molecular complexity index is 447. The van der Waals surface area contributed by atoms with Crippen molar-refractivity contribution >= 4 is 28.8 Å². The molecule has 0 amide bonds. The van der Waals surface area contributed by atoms with E-state index in [1.807, 2.05) is 0 Å². The highest BCUT2D eigenvalue weighted by atomic mass is 32.1. The van der Waals surface area contributed by atoms with E-state index < -0.39 is 5.97 Å². The van der Waals surface area contributed by atoms with Crippen molar-refractivity contribution in [2.24, 2.45) is 5.92 Å². The van der Waals surface area contributed by atoms with Gasteiger partial charge in [-0.3, -0.25) is 4.79 Å². The molecule has 0 aromatic carbocycles. The first-order valence-corrected chi connectivity index (χ1v) is 6.47. The molecular weight excluding hydrogens is 238 g/mol. The molecule has 1 aromatic heterocycles. The summed E-state index contributed by atoms with van der Waals surface area (Å²) in [5, 5.41) is 0. The van der Waals surface area contributed by atoms with Crippen molar-refractivity contribution in [3.63, 3.8) is 0 Å². The fraction of sp³-hybridized carbons (Fsp3) is 0.500. The maximum Gasteiger partial charge on any atom is 0.350 e. The standard InChI is InChI=1S/C12H15NO3S/c1-16-12(15)11-8(13)6-9(17-11)10(14)7-4-2-3-5-7/h6-7H,2-5,13H2,1H3. The summed E-state index contributed by atoms with van der Waals surface area (Å²) in [7, 11) is 1.31. The molecule has 0 saturated heterocycles. The lowest BCUT2D eigenvalue weighted by atomic mass is 10.0. The molecular formula is C12H15NO3S. The molecule has 17 heavy (non-hydrogen) atoms. The number of anilines is 1. The fourth-order valence-corrected chi connectivity index (χ4v) is 3.18. The molecule has 92 valence electrons. The van der Waals surface area contributed by atoms with E-state index in [9.17, 15) is 9.59 Å². The number of nitrogens with two attached hydrogens (primary N) is 1. The molecule has 5 heteroatoms.